The van der Waals surface area contributed by atoms with E-state index in [-0.39, 0.29) is 11.3 Å². The van der Waals surface area contributed by atoms with Gasteiger partial charge in [0.2, 0.25) is 0 Å². The second-order valence-corrected chi connectivity index (χ2v) is 3.42. The van der Waals surface area contributed by atoms with Crippen LogP contribution in [0.5, 0.6) is 11.5 Å². The maximum atomic E-state index is 12.3. The van der Waals surface area contributed by atoms with Crippen LogP contribution in [0.4, 0.5) is 13.2 Å². The molecule has 16 heavy (non-hydrogen) atoms. The molecule has 0 amide bonds. The molecule has 0 saturated carbocycles. The van der Waals surface area contributed by atoms with Gasteiger partial charge in [0.25, 0.3) is 0 Å². The van der Waals surface area contributed by atoms with Crippen molar-refractivity contribution in [3.05, 3.63) is 23.3 Å². The predicted molar refractivity (Wildman–Crippen MR) is 54.0 cm³/mol. The zero-order chi connectivity index (χ0) is 12.3. The average Bonchev–Trinajstić information content (AvgIpc) is 2.19. The minimum Gasteiger partial charge on any atom is -0.497 e. The van der Waals surface area contributed by atoms with E-state index in [1.54, 1.807) is 13.0 Å². The molecule has 0 unspecified atom stereocenters. The van der Waals surface area contributed by atoms with Crippen LogP contribution in [0.2, 0.25) is 0 Å². The minimum absolute atomic E-state index is 0.149. The van der Waals surface area contributed by atoms with Crippen molar-refractivity contribution < 1.29 is 22.6 Å². The van der Waals surface area contributed by atoms with Crippen molar-refractivity contribution in [3.8, 4) is 11.5 Å². The predicted octanol–water partition coefficient (Wildman–Crippen LogP) is 3.12. The lowest BCUT2D eigenvalue weighted by atomic mass is 10.0. The Hall–Kier alpha value is -1.39. The number of ether oxygens (including phenoxy) is 2. The van der Waals surface area contributed by atoms with Crippen LogP contribution in [0, 0.1) is 6.92 Å². The van der Waals surface area contributed by atoms with Crippen LogP contribution >= 0.6 is 0 Å². The summed E-state index contributed by atoms with van der Waals surface area (Å²) in [6, 6.07) is 3.01. The largest absolute Gasteiger partial charge is 0.497 e. The fourth-order valence-corrected chi connectivity index (χ4v) is 1.48. The smallest absolute Gasteiger partial charge is 0.393 e. The normalized spacial score (nSPS) is 11.4. The third kappa shape index (κ3) is 3.05. The number of hydrogen-bond donors (Lipinski definition) is 0. The molecule has 0 aliphatic rings. The first kappa shape index (κ1) is 12.7. The third-order valence-electron chi connectivity index (χ3n) is 2.24. The molecule has 0 bridgehead atoms. The highest BCUT2D eigenvalue weighted by atomic mass is 19.4. The summed E-state index contributed by atoms with van der Waals surface area (Å²) in [5.74, 6) is 0.689. The summed E-state index contributed by atoms with van der Waals surface area (Å²) in [6.45, 7) is 1.60. The Balaban J connectivity index is 3.16. The number of halogens is 3. The van der Waals surface area contributed by atoms with Gasteiger partial charge in [-0.1, -0.05) is 0 Å². The van der Waals surface area contributed by atoms with Gasteiger partial charge in [0.1, 0.15) is 11.5 Å². The quantitative estimate of drug-likeness (QED) is 0.800. The van der Waals surface area contributed by atoms with E-state index in [2.05, 4.69) is 0 Å². The van der Waals surface area contributed by atoms with Crippen LogP contribution in [0.25, 0.3) is 0 Å². The topological polar surface area (TPSA) is 18.5 Å². The van der Waals surface area contributed by atoms with E-state index in [1.807, 2.05) is 0 Å². The Morgan fingerprint density at radius 2 is 1.75 bits per heavy atom. The molecular formula is C11H13F3O2. The molecule has 90 valence electrons. The number of hydrogen-bond acceptors (Lipinski definition) is 2. The van der Waals surface area contributed by atoms with E-state index in [9.17, 15) is 13.2 Å². The number of rotatable bonds is 3. The van der Waals surface area contributed by atoms with Gasteiger partial charge in [0.15, 0.2) is 0 Å². The number of benzene rings is 1. The van der Waals surface area contributed by atoms with Crippen molar-refractivity contribution in [1.29, 1.82) is 0 Å². The lowest BCUT2D eigenvalue weighted by Gasteiger charge is -2.15. The first-order chi connectivity index (χ1) is 7.37. The molecule has 0 atom stereocenters. The zero-order valence-electron chi connectivity index (χ0n) is 9.31. The van der Waals surface area contributed by atoms with Crippen molar-refractivity contribution in [2.24, 2.45) is 0 Å². The maximum Gasteiger partial charge on any atom is 0.393 e. The standard InChI is InChI=1S/C11H13F3O2/c1-7-4-8(15-2)5-10(16-3)9(7)6-11(12,13)14/h4-5H,6H2,1-3H3. The second-order valence-electron chi connectivity index (χ2n) is 3.42. The Bertz CT molecular complexity index is 372. The van der Waals surface area contributed by atoms with E-state index in [1.165, 1.54) is 20.3 Å². The molecule has 0 fully saturated rings. The first-order valence-electron chi connectivity index (χ1n) is 4.65. The average molecular weight is 234 g/mol. The molecule has 0 aliphatic carbocycles. The van der Waals surface area contributed by atoms with Gasteiger partial charge < -0.3 is 9.47 Å². The first-order valence-corrected chi connectivity index (χ1v) is 4.65. The summed E-state index contributed by atoms with van der Waals surface area (Å²) in [5.41, 5.74) is 0.657. The van der Waals surface area contributed by atoms with E-state index >= 15 is 0 Å². The van der Waals surface area contributed by atoms with Crippen LogP contribution in [0.1, 0.15) is 11.1 Å². The summed E-state index contributed by atoms with van der Waals surface area (Å²) >= 11 is 0. The van der Waals surface area contributed by atoms with Gasteiger partial charge in [-0.25, -0.2) is 0 Å². The molecule has 0 saturated heterocycles. The van der Waals surface area contributed by atoms with Crippen molar-refractivity contribution in [2.45, 2.75) is 19.5 Å². The Morgan fingerprint density at radius 3 is 2.19 bits per heavy atom. The fraction of sp³-hybridized carbons (Fsp3) is 0.455. The van der Waals surface area contributed by atoms with Crippen molar-refractivity contribution in [1.82, 2.24) is 0 Å². The van der Waals surface area contributed by atoms with Gasteiger partial charge in [-0.05, 0) is 18.6 Å². The highest BCUT2D eigenvalue weighted by molar-refractivity contribution is 5.46. The van der Waals surface area contributed by atoms with Crippen LogP contribution < -0.4 is 9.47 Å². The molecule has 0 spiro atoms. The zero-order valence-corrected chi connectivity index (χ0v) is 9.31. The Morgan fingerprint density at radius 1 is 1.12 bits per heavy atom. The highest BCUT2D eigenvalue weighted by Gasteiger charge is 2.30. The van der Waals surface area contributed by atoms with Gasteiger partial charge in [-0.15, -0.1) is 0 Å². The van der Waals surface area contributed by atoms with Gasteiger partial charge in [0, 0.05) is 11.6 Å². The highest BCUT2D eigenvalue weighted by Crippen LogP contribution is 2.33. The van der Waals surface area contributed by atoms with Crippen molar-refractivity contribution in [3.63, 3.8) is 0 Å². The number of alkyl halides is 3. The molecule has 1 aromatic rings. The van der Waals surface area contributed by atoms with Crippen LogP contribution in [0.3, 0.4) is 0 Å². The maximum absolute atomic E-state index is 12.3. The molecule has 0 heterocycles. The van der Waals surface area contributed by atoms with Gasteiger partial charge in [0.05, 0.1) is 20.6 Å². The minimum atomic E-state index is -4.24. The lowest BCUT2D eigenvalue weighted by molar-refractivity contribution is -0.127. The summed E-state index contributed by atoms with van der Waals surface area (Å²) in [4.78, 5) is 0. The van der Waals surface area contributed by atoms with Gasteiger partial charge >= 0.3 is 6.18 Å². The summed E-state index contributed by atoms with van der Waals surface area (Å²) in [5, 5.41) is 0. The molecule has 0 aliphatic heterocycles. The molecule has 0 aromatic heterocycles. The van der Waals surface area contributed by atoms with E-state index in [4.69, 9.17) is 9.47 Å². The van der Waals surface area contributed by atoms with Gasteiger partial charge in [-0.2, -0.15) is 13.2 Å². The lowest BCUT2D eigenvalue weighted by Crippen LogP contribution is -2.13. The SMILES string of the molecule is COc1cc(C)c(CC(F)(F)F)c(OC)c1. The molecule has 0 radical (unpaired) electrons. The van der Waals surface area contributed by atoms with E-state index in [0.29, 0.717) is 11.3 Å². The summed E-state index contributed by atoms with van der Waals surface area (Å²) in [7, 11) is 2.80. The molecule has 1 aromatic carbocycles. The Labute approximate surface area is 92.0 Å². The molecule has 5 heteroatoms. The number of aryl methyl sites for hydroxylation is 1. The molecule has 0 N–H and O–H groups in total. The summed E-state index contributed by atoms with van der Waals surface area (Å²) < 4.78 is 46.9. The van der Waals surface area contributed by atoms with E-state index in [0.717, 1.165) is 0 Å². The molecular weight excluding hydrogens is 221 g/mol. The van der Waals surface area contributed by atoms with E-state index < -0.39 is 12.6 Å². The molecule has 2 nitrogen and oxygen atoms in total. The second kappa shape index (κ2) is 4.63. The van der Waals surface area contributed by atoms with Crippen molar-refractivity contribution in [2.75, 3.05) is 14.2 Å². The number of methoxy groups -OCH3 is 2. The molecule has 1 rings (SSSR count). The Kier molecular flexibility index (Phi) is 3.67. The fourth-order valence-electron chi connectivity index (χ4n) is 1.48. The van der Waals surface area contributed by atoms with Crippen LogP contribution in [-0.2, 0) is 6.42 Å². The summed E-state index contributed by atoms with van der Waals surface area (Å²) in [6.07, 6.45) is -5.24. The third-order valence-corrected chi connectivity index (χ3v) is 2.24. The van der Waals surface area contributed by atoms with Gasteiger partial charge in [-0.3, -0.25) is 0 Å². The van der Waals surface area contributed by atoms with Crippen LogP contribution in [-0.4, -0.2) is 20.4 Å². The monoisotopic (exact) mass is 234 g/mol. The van der Waals surface area contributed by atoms with Crippen LogP contribution in [0.15, 0.2) is 12.1 Å². The van der Waals surface area contributed by atoms with Crippen molar-refractivity contribution >= 4 is 0 Å².